The topological polar surface area (TPSA) is 35.5 Å². The van der Waals surface area contributed by atoms with Gasteiger partial charge in [-0.15, -0.1) is 0 Å². The predicted octanol–water partition coefficient (Wildman–Crippen LogP) is 0.831. The molecule has 88 valence electrons. The molecular formula is C12H24N2O. The molecule has 1 saturated heterocycles. The second-order valence-electron chi connectivity index (χ2n) is 5.25. The maximum Gasteiger partial charge on any atom is 0.0555 e. The van der Waals surface area contributed by atoms with Crippen molar-refractivity contribution in [2.75, 3.05) is 26.7 Å². The lowest BCUT2D eigenvalue weighted by atomic mass is 9.97. The van der Waals surface area contributed by atoms with Gasteiger partial charge in [0.1, 0.15) is 0 Å². The number of nitrogens with one attached hydrogen (secondary N) is 1. The Morgan fingerprint density at radius 1 is 1.20 bits per heavy atom. The SMILES string of the molecule is CN(CC1CCNCC1)[C@H]1CC[C@H](O)C1. The summed E-state index contributed by atoms with van der Waals surface area (Å²) in [5, 5.41) is 12.9. The standard InChI is InChI=1S/C12H24N2O/c1-14(11-2-3-12(15)8-11)9-10-4-6-13-7-5-10/h10-13,15H,2-9H2,1H3/t11-,12-/m0/s1. The molecule has 15 heavy (non-hydrogen) atoms. The molecule has 0 bridgehead atoms. The van der Waals surface area contributed by atoms with Crippen molar-refractivity contribution in [3.63, 3.8) is 0 Å². The minimum Gasteiger partial charge on any atom is -0.393 e. The van der Waals surface area contributed by atoms with Crippen LogP contribution in [0.25, 0.3) is 0 Å². The zero-order valence-electron chi connectivity index (χ0n) is 9.78. The van der Waals surface area contributed by atoms with E-state index in [2.05, 4.69) is 17.3 Å². The van der Waals surface area contributed by atoms with Gasteiger partial charge in [0.25, 0.3) is 0 Å². The van der Waals surface area contributed by atoms with Gasteiger partial charge in [-0.1, -0.05) is 0 Å². The van der Waals surface area contributed by atoms with Crippen molar-refractivity contribution in [3.05, 3.63) is 0 Å². The normalized spacial score (nSPS) is 33.8. The molecule has 3 heteroatoms. The van der Waals surface area contributed by atoms with Crippen LogP contribution in [0.4, 0.5) is 0 Å². The number of aliphatic hydroxyl groups excluding tert-OH is 1. The highest BCUT2D eigenvalue weighted by Gasteiger charge is 2.27. The predicted molar refractivity (Wildman–Crippen MR) is 61.9 cm³/mol. The van der Waals surface area contributed by atoms with Gasteiger partial charge in [-0.25, -0.2) is 0 Å². The summed E-state index contributed by atoms with van der Waals surface area (Å²) in [5.74, 6) is 0.869. The maximum absolute atomic E-state index is 9.52. The zero-order chi connectivity index (χ0) is 10.7. The van der Waals surface area contributed by atoms with Crippen LogP contribution < -0.4 is 5.32 Å². The van der Waals surface area contributed by atoms with Crippen molar-refractivity contribution in [1.82, 2.24) is 10.2 Å². The zero-order valence-corrected chi connectivity index (χ0v) is 9.78. The van der Waals surface area contributed by atoms with Crippen molar-refractivity contribution in [3.8, 4) is 0 Å². The lowest BCUT2D eigenvalue weighted by Gasteiger charge is -2.31. The minimum atomic E-state index is -0.0366. The summed E-state index contributed by atoms with van der Waals surface area (Å²) in [4.78, 5) is 2.48. The third-order valence-electron chi connectivity index (χ3n) is 4.01. The number of hydrogen-bond acceptors (Lipinski definition) is 3. The Kier molecular flexibility index (Phi) is 4.00. The Morgan fingerprint density at radius 3 is 2.53 bits per heavy atom. The van der Waals surface area contributed by atoms with Crippen molar-refractivity contribution >= 4 is 0 Å². The first-order valence-electron chi connectivity index (χ1n) is 6.34. The molecule has 2 rings (SSSR count). The van der Waals surface area contributed by atoms with Gasteiger partial charge >= 0.3 is 0 Å². The molecule has 1 heterocycles. The molecular weight excluding hydrogens is 188 g/mol. The summed E-state index contributed by atoms with van der Waals surface area (Å²) >= 11 is 0. The van der Waals surface area contributed by atoms with E-state index in [0.29, 0.717) is 6.04 Å². The lowest BCUT2D eigenvalue weighted by Crippen LogP contribution is -2.38. The second kappa shape index (κ2) is 5.28. The molecule has 0 aromatic carbocycles. The van der Waals surface area contributed by atoms with Gasteiger partial charge in [0.15, 0.2) is 0 Å². The Balaban J connectivity index is 1.73. The molecule has 2 fully saturated rings. The number of rotatable bonds is 3. The van der Waals surface area contributed by atoms with Crippen LogP contribution in [0, 0.1) is 5.92 Å². The largest absolute Gasteiger partial charge is 0.393 e. The molecule has 0 spiro atoms. The van der Waals surface area contributed by atoms with E-state index < -0.39 is 0 Å². The van der Waals surface area contributed by atoms with Crippen molar-refractivity contribution in [1.29, 1.82) is 0 Å². The minimum absolute atomic E-state index is 0.0366. The summed E-state index contributed by atoms with van der Waals surface area (Å²) in [6, 6.07) is 0.634. The maximum atomic E-state index is 9.52. The molecule has 0 unspecified atom stereocenters. The lowest BCUT2D eigenvalue weighted by molar-refractivity contribution is 0.149. The molecule has 1 saturated carbocycles. The first-order valence-corrected chi connectivity index (χ1v) is 6.34. The monoisotopic (exact) mass is 212 g/mol. The molecule has 1 aliphatic carbocycles. The Hall–Kier alpha value is -0.120. The molecule has 3 nitrogen and oxygen atoms in total. The van der Waals surface area contributed by atoms with Crippen molar-refractivity contribution in [2.24, 2.45) is 5.92 Å². The van der Waals surface area contributed by atoms with E-state index in [4.69, 9.17) is 0 Å². The summed E-state index contributed by atoms with van der Waals surface area (Å²) in [5.41, 5.74) is 0. The Labute approximate surface area is 92.8 Å². The summed E-state index contributed by atoms with van der Waals surface area (Å²) in [6.45, 7) is 3.59. The first-order chi connectivity index (χ1) is 7.25. The number of aliphatic hydroxyl groups is 1. The van der Waals surface area contributed by atoms with Crippen LogP contribution in [-0.2, 0) is 0 Å². The molecule has 2 aliphatic rings. The van der Waals surface area contributed by atoms with E-state index >= 15 is 0 Å². The number of hydrogen-bond donors (Lipinski definition) is 2. The van der Waals surface area contributed by atoms with E-state index in [-0.39, 0.29) is 6.10 Å². The fourth-order valence-electron chi connectivity index (χ4n) is 2.96. The average Bonchev–Trinajstić information content (AvgIpc) is 2.66. The van der Waals surface area contributed by atoms with Crippen LogP contribution in [0.15, 0.2) is 0 Å². The van der Waals surface area contributed by atoms with E-state index in [1.54, 1.807) is 0 Å². The Bertz CT molecular complexity index is 192. The molecule has 2 N–H and O–H groups in total. The fourth-order valence-corrected chi connectivity index (χ4v) is 2.96. The van der Waals surface area contributed by atoms with Crippen LogP contribution in [-0.4, -0.2) is 48.8 Å². The van der Waals surface area contributed by atoms with E-state index in [9.17, 15) is 5.11 Å². The molecule has 0 amide bonds. The average molecular weight is 212 g/mol. The van der Waals surface area contributed by atoms with Crippen molar-refractivity contribution in [2.45, 2.75) is 44.2 Å². The number of piperidine rings is 1. The van der Waals surface area contributed by atoms with Crippen LogP contribution in [0.2, 0.25) is 0 Å². The molecule has 0 radical (unpaired) electrons. The van der Waals surface area contributed by atoms with Crippen LogP contribution in [0.5, 0.6) is 0 Å². The van der Waals surface area contributed by atoms with E-state index in [1.807, 2.05) is 0 Å². The Morgan fingerprint density at radius 2 is 1.93 bits per heavy atom. The fraction of sp³-hybridized carbons (Fsp3) is 1.00. The van der Waals surface area contributed by atoms with Gasteiger partial charge in [0, 0.05) is 12.6 Å². The summed E-state index contributed by atoms with van der Waals surface area (Å²) in [7, 11) is 2.23. The van der Waals surface area contributed by atoms with Gasteiger partial charge in [-0.2, -0.15) is 0 Å². The van der Waals surface area contributed by atoms with Gasteiger partial charge in [-0.05, 0) is 58.2 Å². The highest BCUT2D eigenvalue weighted by atomic mass is 16.3. The molecule has 2 atom stereocenters. The number of nitrogens with zero attached hydrogens (tertiary/aromatic N) is 1. The first kappa shape index (κ1) is 11.4. The van der Waals surface area contributed by atoms with Gasteiger partial charge in [0.05, 0.1) is 6.10 Å². The third-order valence-corrected chi connectivity index (χ3v) is 4.01. The molecule has 1 aliphatic heterocycles. The van der Waals surface area contributed by atoms with Gasteiger partial charge in [0.2, 0.25) is 0 Å². The van der Waals surface area contributed by atoms with Crippen LogP contribution in [0.1, 0.15) is 32.1 Å². The van der Waals surface area contributed by atoms with Gasteiger partial charge < -0.3 is 15.3 Å². The highest BCUT2D eigenvalue weighted by molar-refractivity contribution is 4.82. The summed E-state index contributed by atoms with van der Waals surface area (Å²) < 4.78 is 0. The van der Waals surface area contributed by atoms with Crippen molar-refractivity contribution < 1.29 is 5.11 Å². The van der Waals surface area contributed by atoms with Crippen LogP contribution >= 0.6 is 0 Å². The van der Waals surface area contributed by atoms with Crippen LogP contribution in [0.3, 0.4) is 0 Å². The summed E-state index contributed by atoms with van der Waals surface area (Å²) in [6.07, 6.45) is 5.77. The molecule has 0 aromatic heterocycles. The smallest absolute Gasteiger partial charge is 0.0555 e. The van der Waals surface area contributed by atoms with E-state index in [1.165, 1.54) is 38.9 Å². The highest BCUT2D eigenvalue weighted by Crippen LogP contribution is 2.24. The van der Waals surface area contributed by atoms with E-state index in [0.717, 1.165) is 18.8 Å². The third kappa shape index (κ3) is 3.16. The second-order valence-corrected chi connectivity index (χ2v) is 5.25. The molecule has 0 aromatic rings. The van der Waals surface area contributed by atoms with Gasteiger partial charge in [-0.3, -0.25) is 0 Å². The quantitative estimate of drug-likeness (QED) is 0.727.